The number of halogens is 2. The molecule has 6 nitrogen and oxygen atoms in total. The van der Waals surface area contributed by atoms with Crippen molar-refractivity contribution < 1.29 is 86.1 Å². The van der Waals surface area contributed by atoms with E-state index in [4.69, 9.17) is 0 Å². The number of carbonyl (C=O) groups excluding carboxylic acids is 4. The molecular weight excluding hydrogens is 504 g/mol. The van der Waals surface area contributed by atoms with Gasteiger partial charge in [0.1, 0.15) is 11.6 Å². The Kier molecular flexibility index (Phi) is 4.24. The van der Waals surface area contributed by atoms with Crippen LogP contribution in [0.15, 0.2) is 36.4 Å². The van der Waals surface area contributed by atoms with Gasteiger partial charge in [-0.05, 0) is 29.0 Å². The van der Waals surface area contributed by atoms with E-state index in [2.05, 4.69) is 10.6 Å². The molecule has 0 aromatic heterocycles. The molecule has 0 unspecified atom stereocenters. The number of amides is 4. The first-order valence-electron chi connectivity index (χ1n) is 9.62. The molecule has 5 aromatic carbocycles. The molecule has 0 saturated carbocycles. The van der Waals surface area contributed by atoms with Crippen LogP contribution in [-0.4, -0.2) is 23.6 Å². The molecule has 0 bridgehead atoms. The van der Waals surface area contributed by atoms with Gasteiger partial charge < -0.3 is 14.9 Å². The number of fused-ring (bicyclic) bond motifs is 2. The monoisotopic (exact) mass is 510 g/mol. The Labute approximate surface area is 231 Å². The van der Waals surface area contributed by atoms with Crippen LogP contribution in [0.3, 0.4) is 0 Å². The maximum Gasteiger partial charge on any atom is 1.00 e. The molecule has 2 aliphatic rings. The van der Waals surface area contributed by atoms with Crippen LogP contribution in [0.5, 0.6) is 0 Å². The average molecular weight is 511 g/mol. The van der Waals surface area contributed by atoms with Gasteiger partial charge in [0.2, 0.25) is 0 Å². The third kappa shape index (κ3) is 2.41. The van der Waals surface area contributed by atoms with Gasteiger partial charge in [-0.1, -0.05) is 18.2 Å². The number of benzene rings is 5. The van der Waals surface area contributed by atoms with E-state index in [1.807, 2.05) is 0 Å². The first kappa shape index (κ1) is 20.9. The van der Waals surface area contributed by atoms with Gasteiger partial charge in [0, 0.05) is 49.0 Å². The van der Waals surface area contributed by atoms with E-state index in [-0.39, 0.29) is 124 Å². The van der Waals surface area contributed by atoms with Gasteiger partial charge in [-0.2, -0.15) is 0 Å². The summed E-state index contributed by atoms with van der Waals surface area (Å²) in [6.45, 7) is 0. The number of nitrogens with one attached hydrogen (secondary N) is 1. The van der Waals surface area contributed by atoms with E-state index < -0.39 is 35.3 Å². The predicted octanol–water partition coefficient (Wildman–Crippen LogP) is 1.57. The number of imide groups is 2. The molecule has 152 valence electrons. The first-order valence-corrected chi connectivity index (χ1v) is 9.62. The molecule has 0 aliphatic carbocycles. The fraction of sp³-hybridized carbons (Fsp3) is 0. The van der Waals surface area contributed by atoms with Crippen LogP contribution in [0.25, 0.3) is 48.4 Å². The summed E-state index contributed by atoms with van der Waals surface area (Å²) in [6, 6.07) is 7.93. The zero-order valence-electron chi connectivity index (χ0n) is 16.8. The average Bonchev–Trinajstić information content (AvgIpc) is 2.76. The van der Waals surface area contributed by atoms with Crippen LogP contribution in [0.1, 0.15) is 41.4 Å². The molecular formula is C24H7F2N2O4Rb. The third-order valence-electron chi connectivity index (χ3n) is 6.39. The zero-order valence-corrected chi connectivity index (χ0v) is 21.7. The predicted molar refractivity (Wildman–Crippen MR) is 111 cm³/mol. The van der Waals surface area contributed by atoms with Gasteiger partial charge in [0.15, 0.2) is 0 Å². The second kappa shape index (κ2) is 6.69. The van der Waals surface area contributed by atoms with Crippen molar-refractivity contribution >= 4 is 66.7 Å². The molecule has 7 rings (SSSR count). The minimum absolute atomic E-state index is 0. The van der Waals surface area contributed by atoms with Crippen molar-refractivity contribution in [2.45, 2.75) is 0 Å². The zero-order chi connectivity index (χ0) is 22.0. The fourth-order valence-corrected chi connectivity index (χ4v) is 5.17. The molecule has 1 N–H and O–H groups in total. The molecule has 0 atom stereocenters. The van der Waals surface area contributed by atoms with E-state index in [0.29, 0.717) is 0 Å². The third-order valence-corrected chi connectivity index (χ3v) is 6.39. The molecule has 2 heterocycles. The van der Waals surface area contributed by atoms with E-state index in [9.17, 15) is 19.2 Å². The quantitative estimate of drug-likeness (QED) is 0.194. The molecule has 2 aliphatic heterocycles. The SMILES string of the molecule is O=C1[N-]C(=O)c2cc(F)c3c4ccc5c6c(cc(F)c(c7ccc1c2c73)c64)C(=O)NC5=O.[Rb+]. The van der Waals surface area contributed by atoms with Crippen molar-refractivity contribution in [3.63, 3.8) is 0 Å². The summed E-state index contributed by atoms with van der Waals surface area (Å²) >= 11 is 0. The Bertz CT molecular complexity index is 1700. The van der Waals surface area contributed by atoms with Gasteiger partial charge in [0.25, 0.3) is 11.8 Å². The van der Waals surface area contributed by atoms with Crippen molar-refractivity contribution in [1.82, 2.24) is 5.32 Å². The summed E-state index contributed by atoms with van der Waals surface area (Å²) in [5.41, 5.74) is 0.222. The summed E-state index contributed by atoms with van der Waals surface area (Å²) in [5.74, 6) is -4.45. The minimum atomic E-state index is -0.858. The molecule has 4 amide bonds. The molecule has 0 saturated heterocycles. The number of hydrogen-bond acceptors (Lipinski definition) is 4. The van der Waals surface area contributed by atoms with Gasteiger partial charge in [-0.15, -0.1) is 0 Å². The van der Waals surface area contributed by atoms with Crippen molar-refractivity contribution in [2.75, 3.05) is 0 Å². The summed E-state index contributed by atoms with van der Waals surface area (Å²) in [4.78, 5) is 49.6. The van der Waals surface area contributed by atoms with Crippen LogP contribution < -0.4 is 63.5 Å². The topological polar surface area (TPSA) is 94.4 Å². The Morgan fingerprint density at radius 2 is 1.06 bits per heavy atom. The summed E-state index contributed by atoms with van der Waals surface area (Å²) in [7, 11) is 0. The van der Waals surface area contributed by atoms with Crippen LogP contribution in [0, 0.1) is 11.6 Å². The van der Waals surface area contributed by atoms with Crippen LogP contribution in [0.4, 0.5) is 8.78 Å². The Balaban J connectivity index is 0.00000206. The van der Waals surface area contributed by atoms with Gasteiger partial charge in [-0.3, -0.25) is 14.9 Å². The van der Waals surface area contributed by atoms with Gasteiger partial charge in [0.05, 0.1) is 17.4 Å². The molecule has 5 aromatic rings. The Hall–Kier alpha value is -2.65. The molecule has 33 heavy (non-hydrogen) atoms. The van der Waals surface area contributed by atoms with E-state index in [0.717, 1.165) is 12.1 Å². The molecule has 0 spiro atoms. The molecule has 0 radical (unpaired) electrons. The largest absolute Gasteiger partial charge is 1.00 e. The standard InChI is InChI=1S/C24H8F2N2O4.Rb/c25-13-5-12-16-10(22(30)28-24(12)32)4-2-8-18-14(26)6-11-15-9(21(29)27-23(11)31)3-1-7(19(15)18)17(13)20(8)16;/h1-6H,(H2,27,28,29,30,31,32);/q;+1/p-1. The maximum absolute atomic E-state index is 15.5. The van der Waals surface area contributed by atoms with E-state index in [1.54, 1.807) is 0 Å². The van der Waals surface area contributed by atoms with E-state index in [1.165, 1.54) is 24.3 Å². The van der Waals surface area contributed by atoms with Gasteiger partial charge in [-0.25, -0.2) is 8.78 Å². The van der Waals surface area contributed by atoms with Crippen molar-refractivity contribution in [2.24, 2.45) is 0 Å². The second-order valence-electron chi connectivity index (χ2n) is 7.89. The summed E-state index contributed by atoms with van der Waals surface area (Å²) in [5, 5.41) is 7.29. The summed E-state index contributed by atoms with van der Waals surface area (Å²) < 4.78 is 30.9. The molecule has 9 heteroatoms. The molecule has 0 fully saturated rings. The fourth-order valence-electron chi connectivity index (χ4n) is 5.17. The van der Waals surface area contributed by atoms with Crippen LogP contribution in [-0.2, 0) is 0 Å². The number of rotatable bonds is 0. The number of nitrogens with zero attached hydrogens (tertiary/aromatic N) is 1. The van der Waals surface area contributed by atoms with Crippen molar-refractivity contribution in [3.05, 3.63) is 75.6 Å². The maximum atomic E-state index is 15.5. The van der Waals surface area contributed by atoms with E-state index >= 15 is 8.78 Å². The Morgan fingerprint density at radius 1 is 0.576 bits per heavy atom. The summed E-state index contributed by atoms with van der Waals surface area (Å²) in [6.07, 6.45) is 0. The van der Waals surface area contributed by atoms with Crippen molar-refractivity contribution in [3.8, 4) is 0 Å². The van der Waals surface area contributed by atoms with Gasteiger partial charge >= 0.3 is 58.2 Å². The number of hydrogen-bond donors (Lipinski definition) is 1. The first-order chi connectivity index (χ1) is 15.4. The minimum Gasteiger partial charge on any atom is -0.587 e. The Morgan fingerprint density at radius 3 is 1.70 bits per heavy atom. The van der Waals surface area contributed by atoms with Crippen LogP contribution in [0.2, 0.25) is 0 Å². The normalized spacial score (nSPS) is 14.8. The van der Waals surface area contributed by atoms with Crippen molar-refractivity contribution in [1.29, 1.82) is 0 Å². The number of carbonyl (C=O) groups is 4. The van der Waals surface area contributed by atoms with Crippen LogP contribution >= 0.6 is 0 Å². The smallest absolute Gasteiger partial charge is 0.587 e. The second-order valence-corrected chi connectivity index (χ2v) is 7.89.